The highest BCUT2D eigenvalue weighted by Gasteiger charge is 2.06. The number of aromatic nitrogens is 1. The van der Waals surface area contributed by atoms with Crippen molar-refractivity contribution in [1.82, 2.24) is 4.98 Å². The van der Waals surface area contributed by atoms with E-state index in [9.17, 15) is 5.11 Å². The molecule has 0 amide bonds. The minimum absolute atomic E-state index is 0.104. The summed E-state index contributed by atoms with van der Waals surface area (Å²) in [5, 5.41) is 14.3. The second kappa shape index (κ2) is 6.63. The van der Waals surface area contributed by atoms with Crippen molar-refractivity contribution in [2.24, 2.45) is 5.10 Å². The number of phenols is 1. The molecule has 0 radical (unpaired) electrons. The number of phenolic OH excluding ortho intramolecular Hbond substituents is 1. The van der Waals surface area contributed by atoms with Gasteiger partial charge in [0.05, 0.1) is 16.3 Å². The predicted octanol–water partition coefficient (Wildman–Crippen LogP) is 4.96. The predicted molar refractivity (Wildman–Crippen MR) is 86.3 cm³/mol. The quantitative estimate of drug-likeness (QED) is 0.439. The van der Waals surface area contributed by atoms with Crippen LogP contribution in [0.3, 0.4) is 0 Å². The van der Waals surface area contributed by atoms with E-state index in [0.717, 1.165) is 4.47 Å². The number of benzene rings is 1. The van der Waals surface area contributed by atoms with E-state index in [1.807, 2.05) is 0 Å². The zero-order valence-corrected chi connectivity index (χ0v) is 13.6. The Morgan fingerprint density at radius 2 is 1.95 bits per heavy atom. The Kier molecular flexibility index (Phi) is 5.10. The van der Waals surface area contributed by atoms with Crippen molar-refractivity contribution in [1.29, 1.82) is 0 Å². The third-order valence-electron chi connectivity index (χ3n) is 2.25. The van der Waals surface area contributed by atoms with Crippen molar-refractivity contribution in [2.45, 2.75) is 0 Å². The molecule has 4 nitrogen and oxygen atoms in total. The van der Waals surface area contributed by atoms with Crippen LogP contribution in [-0.4, -0.2) is 16.3 Å². The largest absolute Gasteiger partial charge is 0.507 e. The monoisotopic (exact) mass is 393 g/mol. The standard InChI is InChI=1S/C12H7BrCl3N3O/c13-7-1-2-10(20)6(3-7)5-17-19-12-9(15)4-8(14)11(16)18-12/h1-5,20H,(H,18,19)/b17-5+. The molecule has 0 bridgehead atoms. The van der Waals surface area contributed by atoms with E-state index in [1.54, 1.807) is 18.2 Å². The zero-order chi connectivity index (χ0) is 14.7. The SMILES string of the molecule is Oc1ccc(Br)cc1/C=N/Nc1nc(Cl)c(Cl)cc1Cl. The number of anilines is 1. The van der Waals surface area contributed by atoms with Crippen LogP contribution in [0, 0.1) is 0 Å². The first-order valence-corrected chi connectivity index (χ1v) is 7.19. The van der Waals surface area contributed by atoms with E-state index in [1.165, 1.54) is 12.3 Å². The minimum atomic E-state index is 0.104. The number of rotatable bonds is 3. The molecule has 20 heavy (non-hydrogen) atoms. The third-order valence-corrected chi connectivity index (χ3v) is 3.70. The average Bonchev–Trinajstić information content (AvgIpc) is 2.39. The zero-order valence-electron chi connectivity index (χ0n) is 9.74. The summed E-state index contributed by atoms with van der Waals surface area (Å²) in [7, 11) is 0. The van der Waals surface area contributed by atoms with E-state index < -0.39 is 0 Å². The molecule has 0 aliphatic carbocycles. The Balaban J connectivity index is 2.18. The summed E-state index contributed by atoms with van der Waals surface area (Å²) in [6, 6.07) is 6.45. The summed E-state index contributed by atoms with van der Waals surface area (Å²) in [4.78, 5) is 3.95. The molecular weight excluding hydrogens is 388 g/mol. The topological polar surface area (TPSA) is 57.5 Å². The van der Waals surface area contributed by atoms with Crippen LogP contribution in [0.5, 0.6) is 5.75 Å². The van der Waals surface area contributed by atoms with Gasteiger partial charge in [0.15, 0.2) is 5.82 Å². The molecule has 0 unspecified atom stereocenters. The third kappa shape index (κ3) is 3.76. The van der Waals surface area contributed by atoms with E-state index in [2.05, 4.69) is 31.4 Å². The van der Waals surface area contributed by atoms with Crippen molar-refractivity contribution in [3.8, 4) is 5.75 Å². The van der Waals surface area contributed by atoms with Gasteiger partial charge in [-0.05, 0) is 24.3 Å². The van der Waals surface area contributed by atoms with Gasteiger partial charge in [-0.15, -0.1) is 0 Å². The molecule has 1 aromatic heterocycles. The van der Waals surface area contributed by atoms with Gasteiger partial charge in [-0.3, -0.25) is 5.43 Å². The molecule has 2 N–H and O–H groups in total. The van der Waals surface area contributed by atoms with Gasteiger partial charge in [-0.25, -0.2) is 4.98 Å². The summed E-state index contributed by atoms with van der Waals surface area (Å²) in [6.07, 6.45) is 1.43. The number of hydrazone groups is 1. The molecule has 0 spiro atoms. The van der Waals surface area contributed by atoms with Gasteiger partial charge >= 0.3 is 0 Å². The molecule has 2 aromatic rings. The van der Waals surface area contributed by atoms with Gasteiger partial charge < -0.3 is 5.11 Å². The lowest BCUT2D eigenvalue weighted by Gasteiger charge is -2.04. The van der Waals surface area contributed by atoms with Gasteiger partial charge in [0, 0.05) is 10.0 Å². The molecule has 0 saturated heterocycles. The summed E-state index contributed by atoms with van der Waals surface area (Å²) >= 11 is 20.8. The van der Waals surface area contributed by atoms with Crippen LogP contribution in [0.2, 0.25) is 15.2 Å². The highest BCUT2D eigenvalue weighted by Crippen LogP contribution is 2.28. The van der Waals surface area contributed by atoms with Crippen LogP contribution >= 0.6 is 50.7 Å². The average molecular weight is 395 g/mol. The second-order valence-electron chi connectivity index (χ2n) is 3.66. The molecule has 104 valence electrons. The van der Waals surface area contributed by atoms with E-state index in [-0.39, 0.29) is 26.8 Å². The fourth-order valence-electron chi connectivity index (χ4n) is 1.31. The number of halogens is 4. The second-order valence-corrected chi connectivity index (χ2v) is 5.75. The lowest BCUT2D eigenvalue weighted by molar-refractivity contribution is 0.474. The van der Waals surface area contributed by atoms with Crippen molar-refractivity contribution >= 4 is 62.8 Å². The molecule has 1 aromatic carbocycles. The highest BCUT2D eigenvalue weighted by molar-refractivity contribution is 9.10. The Hall–Kier alpha value is -1.01. The lowest BCUT2D eigenvalue weighted by Crippen LogP contribution is -1.95. The van der Waals surface area contributed by atoms with Gasteiger partial charge in [0.1, 0.15) is 10.9 Å². The summed E-state index contributed by atoms with van der Waals surface area (Å²) < 4.78 is 0.822. The van der Waals surface area contributed by atoms with Crippen LogP contribution in [0.25, 0.3) is 0 Å². The Morgan fingerprint density at radius 3 is 2.70 bits per heavy atom. The fourth-order valence-corrected chi connectivity index (χ4v) is 2.23. The van der Waals surface area contributed by atoms with E-state index in [0.29, 0.717) is 5.56 Å². The van der Waals surface area contributed by atoms with Crippen molar-refractivity contribution < 1.29 is 5.11 Å². The number of pyridine rings is 1. The number of hydrogen-bond donors (Lipinski definition) is 2. The van der Waals surface area contributed by atoms with Crippen molar-refractivity contribution in [3.05, 3.63) is 49.5 Å². The lowest BCUT2D eigenvalue weighted by atomic mass is 10.2. The van der Waals surface area contributed by atoms with Gasteiger partial charge in [-0.2, -0.15) is 5.10 Å². The Labute approximate surface area is 138 Å². The summed E-state index contributed by atoms with van der Waals surface area (Å²) in [6.45, 7) is 0. The molecule has 2 rings (SSSR count). The Morgan fingerprint density at radius 1 is 1.20 bits per heavy atom. The maximum atomic E-state index is 9.65. The molecule has 0 fully saturated rings. The van der Waals surface area contributed by atoms with Crippen LogP contribution < -0.4 is 5.43 Å². The summed E-state index contributed by atoms with van der Waals surface area (Å²) in [5.74, 6) is 0.374. The van der Waals surface area contributed by atoms with Gasteiger partial charge in [0.25, 0.3) is 0 Å². The molecule has 1 heterocycles. The number of nitrogens with one attached hydrogen (secondary N) is 1. The van der Waals surface area contributed by atoms with Gasteiger partial charge in [0.2, 0.25) is 0 Å². The molecule has 8 heteroatoms. The van der Waals surface area contributed by atoms with Crippen LogP contribution in [0.1, 0.15) is 5.56 Å². The van der Waals surface area contributed by atoms with Crippen molar-refractivity contribution in [2.75, 3.05) is 5.43 Å². The molecule has 0 atom stereocenters. The Bertz CT molecular complexity index is 679. The maximum absolute atomic E-state index is 9.65. The molecule has 0 saturated carbocycles. The van der Waals surface area contributed by atoms with Gasteiger partial charge in [-0.1, -0.05) is 50.7 Å². The molecule has 0 aliphatic rings. The van der Waals surface area contributed by atoms with Crippen LogP contribution in [0.4, 0.5) is 5.82 Å². The van der Waals surface area contributed by atoms with Crippen molar-refractivity contribution in [3.63, 3.8) is 0 Å². The number of nitrogens with zero attached hydrogens (tertiary/aromatic N) is 2. The molecule has 0 aliphatic heterocycles. The normalized spacial score (nSPS) is 11.0. The van der Waals surface area contributed by atoms with Crippen LogP contribution in [0.15, 0.2) is 33.8 Å². The fraction of sp³-hybridized carbons (Fsp3) is 0. The first-order chi connectivity index (χ1) is 9.47. The first-order valence-electron chi connectivity index (χ1n) is 5.26. The smallest absolute Gasteiger partial charge is 0.166 e. The maximum Gasteiger partial charge on any atom is 0.166 e. The number of hydrogen-bond acceptors (Lipinski definition) is 4. The van der Waals surface area contributed by atoms with E-state index >= 15 is 0 Å². The first kappa shape index (κ1) is 15.4. The van der Waals surface area contributed by atoms with E-state index in [4.69, 9.17) is 34.8 Å². The number of aromatic hydroxyl groups is 1. The summed E-state index contributed by atoms with van der Waals surface area (Å²) in [5.41, 5.74) is 3.16. The minimum Gasteiger partial charge on any atom is -0.507 e. The molecular formula is C12H7BrCl3N3O. The highest BCUT2D eigenvalue weighted by atomic mass is 79.9. The van der Waals surface area contributed by atoms with Crippen LogP contribution in [-0.2, 0) is 0 Å².